The molecule has 9 atom stereocenters. The molecule has 88 heavy (non-hydrogen) atoms. The third-order valence-corrected chi connectivity index (χ3v) is 15.2. The second-order valence-corrected chi connectivity index (χ2v) is 22.0. The van der Waals surface area contributed by atoms with E-state index in [2.05, 4.69) is 68.1 Å². The van der Waals surface area contributed by atoms with E-state index in [4.69, 9.17) is 16.9 Å². The number of H-pyrrole nitrogens is 2. The van der Waals surface area contributed by atoms with Gasteiger partial charge < -0.3 is 84.6 Å². The van der Waals surface area contributed by atoms with Gasteiger partial charge in [-0.15, -0.1) is 0 Å². The van der Waals surface area contributed by atoms with Crippen molar-refractivity contribution in [1.82, 2.24) is 73.0 Å². The van der Waals surface area contributed by atoms with E-state index >= 15 is 14.4 Å². The molecule has 29 nitrogen and oxygen atoms in total. The molecule has 0 spiro atoms. The Balaban J connectivity index is 1.37. The summed E-state index contributed by atoms with van der Waals surface area (Å²) in [6.45, 7) is 2.04. The van der Waals surface area contributed by atoms with Gasteiger partial charge in [0.25, 0.3) is 0 Å². The van der Waals surface area contributed by atoms with Gasteiger partial charge >= 0.3 is 0 Å². The number of nitrogens with zero attached hydrogens (tertiary/aromatic N) is 2. The van der Waals surface area contributed by atoms with Crippen LogP contribution in [0.5, 0.6) is 0 Å². The predicted octanol–water partition coefficient (Wildman–Crippen LogP) is -2.53. The zero-order chi connectivity index (χ0) is 63.7. The van der Waals surface area contributed by atoms with Crippen molar-refractivity contribution >= 4 is 81.7 Å². The maximum Gasteiger partial charge on any atom is 0.245 e. The fourth-order valence-corrected chi connectivity index (χ4v) is 10.5. The van der Waals surface area contributed by atoms with Gasteiger partial charge in [-0.1, -0.05) is 48.5 Å². The highest BCUT2D eigenvalue weighted by molar-refractivity contribution is 5.99. The Morgan fingerprint density at radius 1 is 0.750 bits per heavy atom. The number of benzene rings is 2. The molecule has 29 heteroatoms. The maximum atomic E-state index is 15.1. The highest BCUT2D eigenvalue weighted by atomic mass is 16.3. The van der Waals surface area contributed by atoms with E-state index in [0.29, 0.717) is 53.5 Å². The number of rotatable bonds is 22. The highest BCUT2D eigenvalue weighted by Crippen LogP contribution is 2.23. The van der Waals surface area contributed by atoms with Crippen molar-refractivity contribution < 1.29 is 57.8 Å². The van der Waals surface area contributed by atoms with Gasteiger partial charge in [-0.25, -0.2) is 4.98 Å². The van der Waals surface area contributed by atoms with Crippen LogP contribution in [-0.4, -0.2) is 183 Å². The molecule has 2 saturated heterocycles. The summed E-state index contributed by atoms with van der Waals surface area (Å²) in [6.07, 6.45) is 5.19. The number of aliphatic hydroxyl groups is 1. The minimum Gasteiger partial charge on any atom is -0.394 e. The molecular weight excluding hydrogens is 1140 g/mol. The molecule has 2 fully saturated rings. The molecule has 0 bridgehead atoms. The Morgan fingerprint density at radius 2 is 1.42 bits per heavy atom. The van der Waals surface area contributed by atoms with Crippen LogP contribution in [-0.2, 0) is 72.0 Å². The maximum absolute atomic E-state index is 15.1. The molecular formula is C59H83N17O12. The third kappa shape index (κ3) is 20.7. The average Bonchev–Trinajstić information content (AvgIpc) is 3.67. The second-order valence-electron chi connectivity index (χ2n) is 22.0. The molecule has 6 rings (SSSR count). The number of unbranched alkanes of at least 4 members (excludes halogenated alkanes) is 1. The van der Waals surface area contributed by atoms with E-state index in [9.17, 15) is 43.5 Å². The van der Waals surface area contributed by atoms with Gasteiger partial charge in [0.15, 0.2) is 11.7 Å². The third-order valence-electron chi connectivity index (χ3n) is 15.2. The number of fused-ring (bicyclic) bond motifs is 1. The number of likely N-dealkylation sites (tertiary alicyclic amines) is 1. The minimum absolute atomic E-state index is 0.00703. The number of carbonyl (C=O) groups is 11. The summed E-state index contributed by atoms with van der Waals surface area (Å²) in [5.74, 6) is -8.53. The SMILES string of the molecule is CC(=O)N[C@H]1CCCNC(=O)CC[C@@H](C(=O)N2CCC[C@H]2C(=O)N[C@@H](CO)C(=O)N[C@@H](CCCCN)C(C)=O)NC(=O)[C@H](Cc2c[nH]c3ccccc23)NC(=O)[C@H](CCCNC(=N)N)NC(=O)[C@@H](Cc2ccccc2)NC(=O)[C@H](Cc2c[nH]cn2)NC1=O. The lowest BCUT2D eigenvalue weighted by Crippen LogP contribution is -2.61. The lowest BCUT2D eigenvalue weighted by Gasteiger charge is -2.31. The van der Waals surface area contributed by atoms with Crippen LogP contribution in [0.15, 0.2) is 73.3 Å². The van der Waals surface area contributed by atoms with E-state index in [0.717, 1.165) is 0 Å². The summed E-state index contributed by atoms with van der Waals surface area (Å²) < 4.78 is 0. The molecule has 2 aromatic heterocycles. The first-order valence-electron chi connectivity index (χ1n) is 29.7. The van der Waals surface area contributed by atoms with Gasteiger partial charge in [0.05, 0.1) is 24.7 Å². The van der Waals surface area contributed by atoms with Crippen LogP contribution in [0.1, 0.15) is 101 Å². The molecule has 2 aromatic carbocycles. The molecule has 0 aliphatic carbocycles. The second kappa shape index (κ2) is 34.2. The number of nitrogens with one attached hydrogen (secondary N) is 13. The topological polar surface area (TPSA) is 452 Å². The Bertz CT molecular complexity index is 3070. The summed E-state index contributed by atoms with van der Waals surface area (Å²) in [6, 6.07) is 3.66. The average molecular weight is 1220 g/mol. The lowest BCUT2D eigenvalue weighted by atomic mass is 10.0. The largest absolute Gasteiger partial charge is 0.394 e. The van der Waals surface area contributed by atoms with Crippen molar-refractivity contribution in [3.8, 4) is 0 Å². The zero-order valence-corrected chi connectivity index (χ0v) is 49.5. The predicted molar refractivity (Wildman–Crippen MR) is 322 cm³/mol. The van der Waals surface area contributed by atoms with Crippen molar-refractivity contribution in [3.05, 3.63) is 90.1 Å². The standard InChI is InChI=1S/C59H83N17O12/c1-34(78)40(16-8-9-23-60)69-56(86)48(32-77)75-57(87)49-20-12-26-76(49)58(88)44-21-22-50(80)64-24-10-18-42(68-35(2)79)51(81)74-47(29-38-31-63-33-67-38)55(85)72-45(27-36-13-4-3-5-14-36)53(83)70-43(19-11-25-65-59(61)62)52(82)73-46(54(84)71-44)28-37-30-66-41-17-7-6-15-39(37)41/h3-7,13-15,17,30-31,33,40,42-49,66,77H,8-12,16,18-29,32,60H2,1-2H3,(H,63,67)(H,64,80)(H,68,79)(H,69,86)(H,70,83)(H,71,84)(H,72,85)(H,73,82)(H,74,81)(H,75,87)(H4,61,62,65)/t40-,42-,43-,44-,45+,46-,47-,48-,49-/m0/s1. The first kappa shape index (κ1) is 67.9. The lowest BCUT2D eigenvalue weighted by molar-refractivity contribution is -0.143. The first-order valence-corrected chi connectivity index (χ1v) is 29.7. The Labute approximate surface area is 508 Å². The van der Waals surface area contributed by atoms with Crippen LogP contribution in [0.2, 0.25) is 0 Å². The number of hydrogen-bond acceptors (Lipinski definition) is 15. The van der Waals surface area contributed by atoms with Crippen molar-refractivity contribution in [2.24, 2.45) is 11.5 Å². The van der Waals surface area contributed by atoms with Crippen molar-refractivity contribution in [2.45, 2.75) is 158 Å². The van der Waals surface area contributed by atoms with Crippen molar-refractivity contribution in [2.75, 3.05) is 32.8 Å². The quantitative estimate of drug-likeness (QED) is 0.0219. The van der Waals surface area contributed by atoms with E-state index in [-0.39, 0.29) is 102 Å². The van der Waals surface area contributed by atoms with Crippen LogP contribution in [0.3, 0.4) is 0 Å². The van der Waals surface area contributed by atoms with Gasteiger partial charge in [-0.05, 0) is 94.9 Å². The molecule has 0 radical (unpaired) electrons. The summed E-state index contributed by atoms with van der Waals surface area (Å²) >= 11 is 0. The van der Waals surface area contributed by atoms with Gasteiger partial charge in [0.2, 0.25) is 59.1 Å². The molecule has 2 aliphatic rings. The minimum atomic E-state index is -1.55. The number of carbonyl (C=O) groups excluding carboxylic acids is 11. The zero-order valence-electron chi connectivity index (χ0n) is 49.5. The normalized spacial score (nSPS) is 21.9. The number of aliphatic hydroxyl groups excluding tert-OH is 1. The van der Waals surface area contributed by atoms with Crippen LogP contribution in [0.25, 0.3) is 10.9 Å². The molecule has 4 heterocycles. The van der Waals surface area contributed by atoms with Crippen LogP contribution < -0.4 is 64.6 Å². The fraction of sp³-hybridized carbons (Fsp3) is 0.508. The van der Waals surface area contributed by atoms with Crippen molar-refractivity contribution in [3.63, 3.8) is 0 Å². The smallest absolute Gasteiger partial charge is 0.245 e. The number of hydrogen-bond donors (Lipinski definition) is 16. The van der Waals surface area contributed by atoms with Crippen LogP contribution in [0.4, 0.5) is 0 Å². The number of imidazole rings is 1. The number of ketones is 1. The van der Waals surface area contributed by atoms with Gasteiger partial charge in [-0.3, -0.25) is 58.1 Å². The molecule has 2 aliphatic heterocycles. The Kier molecular flexibility index (Phi) is 26.4. The number of amides is 10. The summed E-state index contributed by atoms with van der Waals surface area (Å²) in [5.41, 5.74) is 13.4. The molecule has 18 N–H and O–H groups in total. The van der Waals surface area contributed by atoms with Gasteiger partial charge in [0, 0.05) is 75.5 Å². The fourth-order valence-electron chi connectivity index (χ4n) is 10.5. The molecule has 4 aromatic rings. The number of para-hydroxylation sites is 1. The first-order chi connectivity index (χ1) is 42.2. The Morgan fingerprint density at radius 3 is 2.10 bits per heavy atom. The van der Waals surface area contributed by atoms with Gasteiger partial charge in [-0.2, -0.15) is 0 Å². The van der Waals surface area contributed by atoms with Gasteiger partial charge in [0.1, 0.15) is 48.3 Å². The number of guanidine groups is 1. The highest BCUT2D eigenvalue weighted by Gasteiger charge is 2.41. The molecule has 0 saturated carbocycles. The molecule has 0 unspecified atom stereocenters. The van der Waals surface area contributed by atoms with E-state index in [1.54, 1.807) is 54.7 Å². The van der Waals surface area contributed by atoms with Crippen LogP contribution in [0, 0.1) is 5.41 Å². The summed E-state index contributed by atoms with van der Waals surface area (Å²) in [7, 11) is 0. The summed E-state index contributed by atoms with van der Waals surface area (Å²) in [4.78, 5) is 166. The Hall–Kier alpha value is -9.25. The van der Waals surface area contributed by atoms with Crippen LogP contribution >= 0.6 is 0 Å². The van der Waals surface area contributed by atoms with Crippen molar-refractivity contribution in [1.29, 1.82) is 5.41 Å². The van der Waals surface area contributed by atoms with E-state index < -0.39 is 120 Å². The number of aromatic nitrogens is 3. The monoisotopic (exact) mass is 1220 g/mol. The van der Waals surface area contributed by atoms with E-state index in [1.165, 1.54) is 31.3 Å². The number of nitrogens with two attached hydrogens (primary N) is 2. The number of aromatic amines is 2. The molecule has 476 valence electrons. The number of Topliss-reactive ketones (excluding diaryl/α,β-unsaturated/α-hetero) is 1. The summed E-state index contributed by atoms with van der Waals surface area (Å²) in [5, 5.41) is 45.7. The molecule has 10 amide bonds. The van der Waals surface area contributed by atoms with E-state index in [1.807, 2.05) is 6.07 Å².